The van der Waals surface area contributed by atoms with E-state index in [9.17, 15) is 4.79 Å². The van der Waals surface area contributed by atoms with Crippen molar-refractivity contribution in [3.8, 4) is 0 Å². The second-order valence-electron chi connectivity index (χ2n) is 4.68. The van der Waals surface area contributed by atoms with E-state index >= 15 is 0 Å². The number of pyridine rings is 1. The van der Waals surface area contributed by atoms with E-state index in [-0.39, 0.29) is 11.8 Å². The maximum absolute atomic E-state index is 12.0. The molecule has 92 valence electrons. The first-order valence-electron chi connectivity index (χ1n) is 6.20. The van der Waals surface area contributed by atoms with Crippen LogP contribution in [0.15, 0.2) is 24.5 Å². The lowest BCUT2D eigenvalue weighted by molar-refractivity contribution is -0.121. The minimum atomic E-state index is 0.119. The van der Waals surface area contributed by atoms with Gasteiger partial charge in [-0.05, 0) is 50.3 Å². The largest absolute Gasteiger partial charge is 0.330 e. The van der Waals surface area contributed by atoms with Gasteiger partial charge in [-0.3, -0.25) is 9.78 Å². The first-order valence-corrected chi connectivity index (χ1v) is 6.20. The molecule has 1 aliphatic rings. The van der Waals surface area contributed by atoms with Crippen molar-refractivity contribution in [2.24, 2.45) is 17.6 Å². The number of nitrogens with one attached hydrogen (secondary N) is 1. The number of anilines is 1. The number of carbonyl (C=O) groups is 1. The van der Waals surface area contributed by atoms with E-state index in [1.807, 2.05) is 12.1 Å². The fourth-order valence-electron chi connectivity index (χ4n) is 2.34. The Balaban J connectivity index is 1.85. The van der Waals surface area contributed by atoms with Gasteiger partial charge in [-0.2, -0.15) is 0 Å². The molecule has 3 N–H and O–H groups in total. The second-order valence-corrected chi connectivity index (χ2v) is 4.68. The van der Waals surface area contributed by atoms with Gasteiger partial charge < -0.3 is 11.1 Å². The number of aromatic nitrogens is 1. The van der Waals surface area contributed by atoms with Gasteiger partial charge in [0.05, 0.1) is 11.9 Å². The topological polar surface area (TPSA) is 68.0 Å². The molecule has 1 saturated carbocycles. The predicted molar refractivity (Wildman–Crippen MR) is 67.4 cm³/mol. The lowest BCUT2D eigenvalue weighted by Crippen LogP contribution is -2.29. The van der Waals surface area contributed by atoms with Gasteiger partial charge in [-0.25, -0.2) is 0 Å². The number of nitrogens with two attached hydrogens (primary N) is 1. The Labute approximate surface area is 102 Å². The number of rotatable bonds is 3. The van der Waals surface area contributed by atoms with Crippen LogP contribution in [0.1, 0.15) is 25.7 Å². The van der Waals surface area contributed by atoms with Crippen LogP contribution in [0.4, 0.5) is 5.69 Å². The van der Waals surface area contributed by atoms with E-state index in [1.54, 1.807) is 12.4 Å². The summed E-state index contributed by atoms with van der Waals surface area (Å²) in [5.74, 6) is 0.865. The lowest BCUT2D eigenvalue weighted by atomic mass is 9.81. The van der Waals surface area contributed by atoms with Crippen LogP contribution in [0.3, 0.4) is 0 Å². The van der Waals surface area contributed by atoms with Crippen LogP contribution in [0.2, 0.25) is 0 Å². The molecule has 1 aromatic rings. The molecule has 0 aliphatic heterocycles. The summed E-state index contributed by atoms with van der Waals surface area (Å²) in [5, 5.41) is 2.91. The molecular weight excluding hydrogens is 214 g/mol. The Morgan fingerprint density at radius 3 is 2.76 bits per heavy atom. The Morgan fingerprint density at radius 2 is 2.18 bits per heavy atom. The van der Waals surface area contributed by atoms with Gasteiger partial charge in [-0.1, -0.05) is 0 Å². The smallest absolute Gasteiger partial charge is 0.227 e. The molecule has 1 aromatic heterocycles. The van der Waals surface area contributed by atoms with Crippen molar-refractivity contribution < 1.29 is 4.79 Å². The molecule has 1 fully saturated rings. The predicted octanol–water partition coefficient (Wildman–Crippen LogP) is 1.79. The summed E-state index contributed by atoms with van der Waals surface area (Å²) < 4.78 is 0. The number of nitrogens with zero attached hydrogens (tertiary/aromatic N) is 1. The van der Waals surface area contributed by atoms with Gasteiger partial charge in [0.2, 0.25) is 5.91 Å². The van der Waals surface area contributed by atoms with Gasteiger partial charge >= 0.3 is 0 Å². The maximum Gasteiger partial charge on any atom is 0.227 e. The average molecular weight is 233 g/mol. The molecule has 0 atom stereocenters. The fraction of sp³-hybridized carbons (Fsp3) is 0.538. The molecule has 0 bridgehead atoms. The van der Waals surface area contributed by atoms with E-state index in [2.05, 4.69) is 10.3 Å². The highest BCUT2D eigenvalue weighted by atomic mass is 16.1. The minimum Gasteiger partial charge on any atom is -0.330 e. The van der Waals surface area contributed by atoms with Gasteiger partial charge in [0.25, 0.3) is 0 Å². The van der Waals surface area contributed by atoms with Crippen molar-refractivity contribution >= 4 is 11.6 Å². The van der Waals surface area contributed by atoms with E-state index in [0.29, 0.717) is 5.92 Å². The van der Waals surface area contributed by atoms with Gasteiger partial charge in [0.1, 0.15) is 0 Å². The minimum absolute atomic E-state index is 0.119. The normalized spacial score (nSPS) is 24.3. The Bertz CT molecular complexity index is 358. The monoisotopic (exact) mass is 233 g/mol. The van der Waals surface area contributed by atoms with Crippen LogP contribution in [0.5, 0.6) is 0 Å². The standard InChI is InChI=1S/C13H19N3O/c14-8-10-3-5-11(6-4-10)13(17)16-12-2-1-7-15-9-12/h1-2,7,9-11H,3-6,8,14H2,(H,16,17)/t10-,11-. The highest BCUT2D eigenvalue weighted by molar-refractivity contribution is 5.92. The molecule has 0 spiro atoms. The molecule has 1 aliphatic carbocycles. The van der Waals surface area contributed by atoms with Gasteiger partial charge in [0, 0.05) is 12.1 Å². The number of hydrogen-bond acceptors (Lipinski definition) is 3. The van der Waals surface area contributed by atoms with Crippen molar-refractivity contribution in [3.63, 3.8) is 0 Å². The average Bonchev–Trinajstić information content (AvgIpc) is 2.40. The summed E-state index contributed by atoms with van der Waals surface area (Å²) >= 11 is 0. The van der Waals surface area contributed by atoms with Crippen molar-refractivity contribution in [2.45, 2.75) is 25.7 Å². The molecule has 17 heavy (non-hydrogen) atoms. The molecule has 0 aromatic carbocycles. The number of carbonyl (C=O) groups excluding carboxylic acids is 1. The molecule has 1 amide bonds. The zero-order valence-electron chi connectivity index (χ0n) is 9.93. The van der Waals surface area contributed by atoms with Crippen LogP contribution in [-0.2, 0) is 4.79 Å². The first-order chi connectivity index (χ1) is 8.29. The summed E-state index contributed by atoms with van der Waals surface area (Å²) in [6.45, 7) is 0.747. The van der Waals surface area contributed by atoms with E-state index in [1.165, 1.54) is 0 Å². The van der Waals surface area contributed by atoms with Crippen LogP contribution >= 0.6 is 0 Å². The summed E-state index contributed by atoms with van der Waals surface area (Å²) in [6, 6.07) is 3.68. The van der Waals surface area contributed by atoms with E-state index < -0.39 is 0 Å². The Hall–Kier alpha value is -1.42. The molecule has 0 unspecified atom stereocenters. The van der Waals surface area contributed by atoms with Crippen molar-refractivity contribution in [2.75, 3.05) is 11.9 Å². The van der Waals surface area contributed by atoms with Crippen LogP contribution in [0, 0.1) is 11.8 Å². The number of hydrogen-bond donors (Lipinski definition) is 2. The lowest BCUT2D eigenvalue weighted by Gasteiger charge is -2.26. The van der Waals surface area contributed by atoms with Crippen molar-refractivity contribution in [1.82, 2.24) is 4.98 Å². The maximum atomic E-state index is 12.0. The van der Waals surface area contributed by atoms with E-state index in [0.717, 1.165) is 37.9 Å². The third-order valence-electron chi connectivity index (χ3n) is 3.48. The zero-order valence-corrected chi connectivity index (χ0v) is 9.93. The SMILES string of the molecule is NC[C@H]1CC[C@H](C(=O)Nc2cccnc2)CC1. The number of amides is 1. The first kappa shape index (κ1) is 12.0. The summed E-state index contributed by atoms with van der Waals surface area (Å²) in [6.07, 6.45) is 7.41. The van der Waals surface area contributed by atoms with Gasteiger partial charge in [-0.15, -0.1) is 0 Å². The Kier molecular flexibility index (Phi) is 4.09. The third-order valence-corrected chi connectivity index (χ3v) is 3.48. The Morgan fingerprint density at radius 1 is 1.41 bits per heavy atom. The molecule has 0 saturated heterocycles. The molecular formula is C13H19N3O. The molecule has 4 nitrogen and oxygen atoms in total. The van der Waals surface area contributed by atoms with Crippen LogP contribution in [-0.4, -0.2) is 17.4 Å². The van der Waals surface area contributed by atoms with Crippen molar-refractivity contribution in [3.05, 3.63) is 24.5 Å². The zero-order chi connectivity index (χ0) is 12.1. The molecule has 2 rings (SSSR count). The highest BCUT2D eigenvalue weighted by Gasteiger charge is 2.25. The van der Waals surface area contributed by atoms with Crippen LogP contribution < -0.4 is 11.1 Å². The van der Waals surface area contributed by atoms with Crippen molar-refractivity contribution in [1.29, 1.82) is 0 Å². The molecule has 4 heteroatoms. The second kappa shape index (κ2) is 5.77. The summed E-state index contributed by atoms with van der Waals surface area (Å²) in [5.41, 5.74) is 6.42. The summed E-state index contributed by atoms with van der Waals surface area (Å²) in [4.78, 5) is 16.0. The van der Waals surface area contributed by atoms with E-state index in [4.69, 9.17) is 5.73 Å². The third kappa shape index (κ3) is 3.27. The molecule has 1 heterocycles. The van der Waals surface area contributed by atoms with Gasteiger partial charge in [0.15, 0.2) is 0 Å². The van der Waals surface area contributed by atoms with Crippen LogP contribution in [0.25, 0.3) is 0 Å². The highest BCUT2D eigenvalue weighted by Crippen LogP contribution is 2.28. The summed E-state index contributed by atoms with van der Waals surface area (Å²) in [7, 11) is 0. The quantitative estimate of drug-likeness (QED) is 0.836. The fourth-order valence-corrected chi connectivity index (χ4v) is 2.34. The molecule has 0 radical (unpaired) electrons.